The molecule has 1 unspecified atom stereocenters. The predicted molar refractivity (Wildman–Crippen MR) is 120 cm³/mol. The monoisotopic (exact) mass is 436 g/mol. The number of hydrogen-bond acceptors (Lipinski definition) is 6. The van der Waals surface area contributed by atoms with Crippen LogP contribution < -0.4 is 21.3 Å². The zero-order valence-corrected chi connectivity index (χ0v) is 19.0. The summed E-state index contributed by atoms with van der Waals surface area (Å²) in [6.07, 6.45) is 1.23. The van der Waals surface area contributed by atoms with Crippen molar-refractivity contribution in [3.8, 4) is 0 Å². The summed E-state index contributed by atoms with van der Waals surface area (Å²) in [4.78, 5) is 35.8. The molecule has 9 heteroatoms. The van der Waals surface area contributed by atoms with Gasteiger partial charge in [0.15, 0.2) is 0 Å². The van der Waals surface area contributed by atoms with E-state index in [9.17, 15) is 14.4 Å². The highest BCUT2D eigenvalue weighted by Gasteiger charge is 2.20. The van der Waals surface area contributed by atoms with Crippen LogP contribution in [0.25, 0.3) is 0 Å². The Balaban J connectivity index is 2.29. The Hall–Kier alpha value is -2.65. The average molecular weight is 437 g/mol. The van der Waals surface area contributed by atoms with Crippen LogP contribution in [0.2, 0.25) is 0 Å². The molecule has 0 fully saturated rings. The lowest BCUT2D eigenvalue weighted by molar-refractivity contribution is -0.126. The minimum Gasteiger partial charge on any atom is -0.445 e. The Morgan fingerprint density at radius 3 is 2.35 bits per heavy atom. The van der Waals surface area contributed by atoms with E-state index in [4.69, 9.17) is 9.47 Å². The van der Waals surface area contributed by atoms with Gasteiger partial charge in [-0.2, -0.15) is 0 Å². The van der Waals surface area contributed by atoms with Crippen molar-refractivity contribution in [2.45, 2.75) is 46.3 Å². The van der Waals surface area contributed by atoms with E-state index in [1.165, 1.54) is 0 Å². The molecule has 0 spiro atoms. The Morgan fingerprint density at radius 1 is 1.03 bits per heavy atom. The van der Waals surface area contributed by atoms with Crippen LogP contribution in [0.4, 0.5) is 10.5 Å². The van der Waals surface area contributed by atoms with Gasteiger partial charge in [-0.25, -0.2) is 4.79 Å². The second kappa shape index (κ2) is 15.2. The van der Waals surface area contributed by atoms with Gasteiger partial charge in [-0.05, 0) is 43.5 Å². The highest BCUT2D eigenvalue weighted by Crippen LogP contribution is 2.10. The lowest BCUT2D eigenvalue weighted by atomic mass is 10.0. The average Bonchev–Trinajstić information content (AvgIpc) is 2.74. The molecule has 174 valence electrons. The fourth-order valence-electron chi connectivity index (χ4n) is 2.75. The molecule has 0 bridgehead atoms. The number of rotatable bonds is 14. The standard InChI is InChI=1S/C22H36N4O5/c1-5-12-30-13-6-11-24-22(29)31-15-17-7-9-18(10-8-17)26-19(27)14-25-21(28)20(23-4)16(2)3/h7-10,16,20,23H,5-6,11-15H2,1-4H3,(H,24,29)(H,25,28)(H,26,27). The Kier molecular flexibility index (Phi) is 12.9. The smallest absolute Gasteiger partial charge is 0.407 e. The number of amides is 3. The van der Waals surface area contributed by atoms with Crippen molar-refractivity contribution < 1.29 is 23.9 Å². The molecule has 1 rings (SSSR count). The summed E-state index contributed by atoms with van der Waals surface area (Å²) >= 11 is 0. The first-order chi connectivity index (χ1) is 14.9. The van der Waals surface area contributed by atoms with Gasteiger partial charge >= 0.3 is 6.09 Å². The molecule has 0 aliphatic carbocycles. The number of likely N-dealkylation sites (N-methyl/N-ethyl adjacent to an activating group) is 1. The third-order valence-corrected chi connectivity index (χ3v) is 4.37. The highest BCUT2D eigenvalue weighted by molar-refractivity contribution is 5.95. The van der Waals surface area contributed by atoms with E-state index in [2.05, 4.69) is 21.3 Å². The van der Waals surface area contributed by atoms with Crippen LogP contribution in [-0.4, -0.2) is 57.3 Å². The molecule has 0 saturated carbocycles. The maximum Gasteiger partial charge on any atom is 0.407 e. The number of anilines is 1. The third kappa shape index (κ3) is 11.4. The van der Waals surface area contributed by atoms with Crippen molar-refractivity contribution in [3.05, 3.63) is 29.8 Å². The number of alkyl carbamates (subject to hydrolysis) is 1. The summed E-state index contributed by atoms with van der Waals surface area (Å²) in [7, 11) is 1.71. The molecule has 1 atom stereocenters. The maximum absolute atomic E-state index is 12.1. The number of nitrogens with one attached hydrogen (secondary N) is 4. The first kappa shape index (κ1) is 26.4. The predicted octanol–water partition coefficient (Wildman–Crippen LogP) is 2.03. The Labute approximate surface area is 184 Å². The van der Waals surface area contributed by atoms with E-state index in [1.807, 2.05) is 20.8 Å². The van der Waals surface area contributed by atoms with Gasteiger partial charge in [0.25, 0.3) is 0 Å². The molecule has 0 aromatic heterocycles. The Bertz CT molecular complexity index is 679. The van der Waals surface area contributed by atoms with Gasteiger partial charge in [0, 0.05) is 25.4 Å². The number of hydrogen-bond donors (Lipinski definition) is 4. The van der Waals surface area contributed by atoms with Crippen molar-refractivity contribution in [1.82, 2.24) is 16.0 Å². The minimum absolute atomic E-state index is 0.113. The summed E-state index contributed by atoms with van der Waals surface area (Å²) in [5.74, 6) is -0.421. The summed E-state index contributed by atoms with van der Waals surface area (Å²) in [6, 6.07) is 6.60. The molecular weight excluding hydrogens is 400 g/mol. The van der Waals surface area contributed by atoms with Crippen LogP contribution in [0.3, 0.4) is 0 Å². The van der Waals surface area contributed by atoms with Crippen LogP contribution in [0, 0.1) is 5.92 Å². The van der Waals surface area contributed by atoms with Crippen molar-refractivity contribution in [2.24, 2.45) is 5.92 Å². The summed E-state index contributed by atoms with van der Waals surface area (Å²) < 4.78 is 10.5. The van der Waals surface area contributed by atoms with Crippen LogP contribution in [0.15, 0.2) is 24.3 Å². The van der Waals surface area contributed by atoms with E-state index in [0.29, 0.717) is 18.8 Å². The second-order valence-electron chi connectivity index (χ2n) is 7.44. The largest absolute Gasteiger partial charge is 0.445 e. The van der Waals surface area contributed by atoms with Gasteiger partial charge in [0.05, 0.1) is 12.6 Å². The molecule has 3 amide bonds. The number of benzene rings is 1. The van der Waals surface area contributed by atoms with Crippen LogP contribution in [0.1, 0.15) is 39.2 Å². The second-order valence-corrected chi connectivity index (χ2v) is 7.44. The third-order valence-electron chi connectivity index (χ3n) is 4.37. The van der Waals surface area contributed by atoms with Crippen molar-refractivity contribution in [2.75, 3.05) is 38.7 Å². The van der Waals surface area contributed by atoms with Gasteiger partial charge in [-0.3, -0.25) is 9.59 Å². The SMILES string of the molecule is CCCOCCCNC(=O)OCc1ccc(NC(=O)CNC(=O)C(NC)C(C)C)cc1. The van der Waals surface area contributed by atoms with Crippen LogP contribution in [-0.2, 0) is 25.7 Å². The molecule has 0 saturated heterocycles. The molecule has 9 nitrogen and oxygen atoms in total. The molecule has 4 N–H and O–H groups in total. The van der Waals surface area contributed by atoms with Gasteiger partial charge in [0.2, 0.25) is 11.8 Å². The van der Waals surface area contributed by atoms with Crippen molar-refractivity contribution >= 4 is 23.6 Å². The normalized spacial score (nSPS) is 11.6. The lowest BCUT2D eigenvalue weighted by Gasteiger charge is -2.19. The fraction of sp³-hybridized carbons (Fsp3) is 0.591. The number of carbonyl (C=O) groups excluding carboxylic acids is 3. The molecule has 31 heavy (non-hydrogen) atoms. The molecule has 0 heterocycles. The van der Waals surface area contributed by atoms with E-state index in [0.717, 1.165) is 25.0 Å². The van der Waals surface area contributed by atoms with E-state index >= 15 is 0 Å². The number of ether oxygens (including phenoxy) is 2. The zero-order chi connectivity index (χ0) is 23.1. The van der Waals surface area contributed by atoms with Crippen LogP contribution in [0.5, 0.6) is 0 Å². The summed E-state index contributed by atoms with van der Waals surface area (Å²) in [5, 5.41) is 10.9. The molecule has 0 aliphatic rings. The topological polar surface area (TPSA) is 118 Å². The van der Waals surface area contributed by atoms with Gasteiger partial charge < -0.3 is 30.7 Å². The van der Waals surface area contributed by atoms with Crippen molar-refractivity contribution in [3.63, 3.8) is 0 Å². The fourth-order valence-corrected chi connectivity index (χ4v) is 2.75. The first-order valence-electron chi connectivity index (χ1n) is 10.7. The van der Waals surface area contributed by atoms with E-state index < -0.39 is 6.09 Å². The lowest BCUT2D eigenvalue weighted by Crippen LogP contribution is -2.47. The van der Waals surface area contributed by atoms with Crippen molar-refractivity contribution in [1.29, 1.82) is 0 Å². The number of carbonyl (C=O) groups is 3. The highest BCUT2D eigenvalue weighted by atomic mass is 16.5. The minimum atomic E-state index is -0.482. The van der Waals surface area contributed by atoms with E-state index in [1.54, 1.807) is 31.3 Å². The van der Waals surface area contributed by atoms with Gasteiger partial charge in [0.1, 0.15) is 6.61 Å². The van der Waals surface area contributed by atoms with Crippen LogP contribution >= 0.6 is 0 Å². The molecule has 0 aliphatic heterocycles. The first-order valence-corrected chi connectivity index (χ1v) is 10.7. The molecular formula is C22H36N4O5. The molecule has 1 aromatic rings. The summed E-state index contributed by atoms with van der Waals surface area (Å²) in [5.41, 5.74) is 1.38. The molecule has 1 aromatic carbocycles. The van der Waals surface area contributed by atoms with E-state index in [-0.39, 0.29) is 36.9 Å². The Morgan fingerprint density at radius 2 is 1.74 bits per heavy atom. The quantitative estimate of drug-likeness (QED) is 0.332. The van der Waals surface area contributed by atoms with Gasteiger partial charge in [-0.1, -0.05) is 32.9 Å². The maximum atomic E-state index is 12.1. The van der Waals surface area contributed by atoms with Gasteiger partial charge in [-0.15, -0.1) is 0 Å². The molecule has 0 radical (unpaired) electrons. The summed E-state index contributed by atoms with van der Waals surface area (Å²) in [6.45, 7) is 7.75. The zero-order valence-electron chi connectivity index (χ0n) is 19.0.